The molecule has 2 rings (SSSR count). The maximum Gasteiger partial charge on any atom is 0.191 e. The number of nitrogens with two attached hydrogens (primary N) is 1. The van der Waals surface area contributed by atoms with Crippen LogP contribution in [0.15, 0.2) is 4.99 Å². The van der Waals surface area contributed by atoms with Crippen LogP contribution in [0.1, 0.15) is 34.1 Å². The molecule has 110 valence electrons. The largest absolute Gasteiger partial charge is 0.378 e. The van der Waals surface area contributed by atoms with Gasteiger partial charge in [0.15, 0.2) is 5.96 Å². The summed E-state index contributed by atoms with van der Waals surface area (Å²) in [6.07, 6.45) is 1.15. The van der Waals surface area contributed by atoms with Crippen LogP contribution in [-0.2, 0) is 9.47 Å². The second-order valence-electron chi connectivity index (χ2n) is 6.49. The fourth-order valence-corrected chi connectivity index (χ4v) is 2.93. The lowest BCUT2D eigenvalue weighted by atomic mass is 9.56. The van der Waals surface area contributed by atoms with Gasteiger partial charge in [-0.25, -0.2) is 4.99 Å². The quantitative estimate of drug-likeness (QED) is 0.605. The zero-order chi connectivity index (χ0) is 14.3. The molecule has 0 spiro atoms. The number of guanidine groups is 1. The Kier molecular flexibility index (Phi) is 3.80. The molecular weight excluding hydrogens is 242 g/mol. The van der Waals surface area contributed by atoms with Gasteiger partial charge in [-0.2, -0.15) is 0 Å². The molecule has 0 aromatic rings. The molecule has 2 fully saturated rings. The summed E-state index contributed by atoms with van der Waals surface area (Å²) in [6, 6.07) is 0.232. The Balaban J connectivity index is 2.02. The van der Waals surface area contributed by atoms with Crippen molar-refractivity contribution in [3.05, 3.63) is 0 Å². The number of rotatable bonds is 2. The summed E-state index contributed by atoms with van der Waals surface area (Å²) in [6.45, 7) is 11.0. The number of aliphatic imine (C=N–C) groups is 1. The molecule has 2 aliphatic rings. The average Bonchev–Trinajstić information content (AvgIpc) is 2.37. The van der Waals surface area contributed by atoms with Crippen LogP contribution in [0.25, 0.3) is 0 Å². The van der Waals surface area contributed by atoms with Gasteiger partial charge in [-0.15, -0.1) is 0 Å². The van der Waals surface area contributed by atoms with E-state index in [-0.39, 0.29) is 23.2 Å². The fourth-order valence-electron chi connectivity index (χ4n) is 2.93. The highest BCUT2D eigenvalue weighted by Gasteiger charge is 2.58. The van der Waals surface area contributed by atoms with E-state index >= 15 is 0 Å². The highest BCUT2D eigenvalue weighted by molar-refractivity contribution is 5.78. The summed E-state index contributed by atoms with van der Waals surface area (Å²) in [4.78, 5) is 6.84. The molecule has 5 nitrogen and oxygen atoms in total. The number of ether oxygens (including phenoxy) is 2. The molecule has 3 unspecified atom stereocenters. The number of methoxy groups -OCH3 is 1. The van der Waals surface area contributed by atoms with Crippen LogP contribution in [0.2, 0.25) is 0 Å². The van der Waals surface area contributed by atoms with E-state index in [1.54, 1.807) is 7.11 Å². The first-order valence-electron chi connectivity index (χ1n) is 7.05. The van der Waals surface area contributed by atoms with Crippen molar-refractivity contribution < 1.29 is 9.47 Å². The van der Waals surface area contributed by atoms with Crippen LogP contribution in [0.3, 0.4) is 0 Å². The Morgan fingerprint density at radius 3 is 2.63 bits per heavy atom. The Labute approximate surface area is 116 Å². The first-order valence-corrected chi connectivity index (χ1v) is 7.05. The third kappa shape index (κ3) is 2.46. The van der Waals surface area contributed by atoms with Gasteiger partial charge in [-0.1, -0.05) is 13.8 Å². The third-order valence-electron chi connectivity index (χ3n) is 5.08. The first-order chi connectivity index (χ1) is 8.80. The minimum atomic E-state index is -0.0975. The Bertz CT molecular complexity index is 370. The van der Waals surface area contributed by atoms with Gasteiger partial charge < -0.3 is 20.1 Å². The van der Waals surface area contributed by atoms with Gasteiger partial charge >= 0.3 is 0 Å². The van der Waals surface area contributed by atoms with E-state index in [1.807, 2.05) is 0 Å². The zero-order valence-corrected chi connectivity index (χ0v) is 12.8. The number of nitrogens with zero attached hydrogens (tertiary/aromatic N) is 2. The summed E-state index contributed by atoms with van der Waals surface area (Å²) in [5.74, 6) is 0.645. The molecule has 0 amide bonds. The molecule has 0 bridgehead atoms. The van der Waals surface area contributed by atoms with E-state index < -0.39 is 0 Å². The van der Waals surface area contributed by atoms with Gasteiger partial charge in [0.05, 0.1) is 24.4 Å². The van der Waals surface area contributed by atoms with Crippen molar-refractivity contribution in [2.24, 2.45) is 16.1 Å². The van der Waals surface area contributed by atoms with E-state index in [4.69, 9.17) is 20.2 Å². The lowest BCUT2D eigenvalue weighted by Crippen LogP contribution is -2.63. The summed E-state index contributed by atoms with van der Waals surface area (Å²) < 4.78 is 11.1. The molecule has 1 aliphatic carbocycles. The molecule has 19 heavy (non-hydrogen) atoms. The molecule has 1 saturated heterocycles. The minimum absolute atomic E-state index is 0.0181. The lowest BCUT2D eigenvalue weighted by molar-refractivity contribution is -0.171. The van der Waals surface area contributed by atoms with E-state index in [1.165, 1.54) is 0 Å². The van der Waals surface area contributed by atoms with Gasteiger partial charge in [0.2, 0.25) is 0 Å². The lowest BCUT2D eigenvalue weighted by Gasteiger charge is -2.57. The third-order valence-corrected chi connectivity index (χ3v) is 5.08. The Morgan fingerprint density at radius 2 is 2.11 bits per heavy atom. The second kappa shape index (κ2) is 4.94. The van der Waals surface area contributed by atoms with Crippen LogP contribution in [0.5, 0.6) is 0 Å². The predicted octanol–water partition coefficient (Wildman–Crippen LogP) is 1.23. The van der Waals surface area contributed by atoms with Gasteiger partial charge in [-0.3, -0.25) is 0 Å². The molecule has 1 aliphatic heterocycles. The molecule has 1 saturated carbocycles. The normalized spacial score (nSPS) is 39.0. The monoisotopic (exact) mass is 269 g/mol. The predicted molar refractivity (Wildman–Crippen MR) is 76.2 cm³/mol. The van der Waals surface area contributed by atoms with Gasteiger partial charge in [-0.05, 0) is 20.3 Å². The molecule has 1 heterocycles. The van der Waals surface area contributed by atoms with Crippen LogP contribution in [-0.4, -0.2) is 55.4 Å². The van der Waals surface area contributed by atoms with E-state index in [0.29, 0.717) is 5.96 Å². The van der Waals surface area contributed by atoms with Crippen LogP contribution < -0.4 is 5.73 Å². The summed E-state index contributed by atoms with van der Waals surface area (Å²) >= 11 is 0. The van der Waals surface area contributed by atoms with E-state index in [0.717, 1.165) is 26.1 Å². The highest BCUT2D eigenvalue weighted by atomic mass is 16.5. The average molecular weight is 269 g/mol. The minimum Gasteiger partial charge on any atom is -0.378 e. The molecule has 5 heteroatoms. The SMILES string of the molecule is COC1(C)CC(N=C(N)N2CCOC(C)C2)C1(C)C. The Morgan fingerprint density at radius 1 is 1.42 bits per heavy atom. The van der Waals surface area contributed by atoms with Crippen molar-refractivity contribution in [3.8, 4) is 0 Å². The van der Waals surface area contributed by atoms with Crippen molar-refractivity contribution in [2.45, 2.75) is 51.9 Å². The number of hydrogen-bond donors (Lipinski definition) is 1. The van der Waals surface area contributed by atoms with Crippen LogP contribution in [0, 0.1) is 5.41 Å². The van der Waals surface area contributed by atoms with Crippen LogP contribution >= 0.6 is 0 Å². The number of hydrogen-bond acceptors (Lipinski definition) is 3. The first kappa shape index (κ1) is 14.6. The van der Waals surface area contributed by atoms with Gasteiger partial charge in [0.25, 0.3) is 0 Å². The highest BCUT2D eigenvalue weighted by Crippen LogP contribution is 2.53. The zero-order valence-electron chi connectivity index (χ0n) is 12.8. The maximum absolute atomic E-state index is 6.15. The smallest absolute Gasteiger partial charge is 0.191 e. The fraction of sp³-hybridized carbons (Fsp3) is 0.929. The maximum atomic E-state index is 6.15. The molecular formula is C14H27N3O2. The van der Waals surface area contributed by atoms with Crippen molar-refractivity contribution in [1.29, 1.82) is 0 Å². The second-order valence-corrected chi connectivity index (χ2v) is 6.49. The van der Waals surface area contributed by atoms with Gasteiger partial charge in [0.1, 0.15) is 0 Å². The molecule has 2 N–H and O–H groups in total. The Hall–Kier alpha value is -0.810. The van der Waals surface area contributed by atoms with Crippen molar-refractivity contribution in [3.63, 3.8) is 0 Å². The van der Waals surface area contributed by atoms with Gasteiger partial charge in [0, 0.05) is 25.6 Å². The van der Waals surface area contributed by atoms with E-state index in [2.05, 4.69) is 32.6 Å². The molecule has 0 aromatic carbocycles. The molecule has 0 radical (unpaired) electrons. The standard InChI is InChI=1S/C14H27N3O2/c1-10-9-17(6-7-19-10)12(15)16-11-8-14(4,18-5)13(11,2)3/h10-11H,6-9H2,1-5H3,(H2,15,16). The summed E-state index contributed by atoms with van der Waals surface area (Å²) in [7, 11) is 1.77. The molecule has 3 atom stereocenters. The summed E-state index contributed by atoms with van der Waals surface area (Å²) in [5, 5.41) is 0. The van der Waals surface area contributed by atoms with E-state index in [9.17, 15) is 0 Å². The van der Waals surface area contributed by atoms with Crippen molar-refractivity contribution in [2.75, 3.05) is 26.8 Å². The topological polar surface area (TPSA) is 60.1 Å². The number of morpholine rings is 1. The van der Waals surface area contributed by atoms with Crippen molar-refractivity contribution in [1.82, 2.24) is 4.90 Å². The van der Waals surface area contributed by atoms with Crippen molar-refractivity contribution >= 4 is 5.96 Å². The molecule has 0 aromatic heterocycles. The summed E-state index contributed by atoms with van der Waals surface area (Å²) in [5.41, 5.74) is 6.07. The van der Waals surface area contributed by atoms with Crippen LogP contribution in [0.4, 0.5) is 0 Å².